The number of hydrogen-bond donors (Lipinski definition) is 0. The van der Waals surface area contributed by atoms with Crippen LogP contribution in [0.3, 0.4) is 0 Å². The van der Waals surface area contributed by atoms with E-state index < -0.39 is 23.3 Å². The number of ketones is 1. The zero-order valence-electron chi connectivity index (χ0n) is 30.1. The zero-order valence-corrected chi connectivity index (χ0v) is 33.2. The molecule has 0 aliphatic carbocycles. The monoisotopic (exact) mass is 887 g/mol. The molecule has 296 valence electrons. The van der Waals surface area contributed by atoms with Gasteiger partial charge < -0.3 is 9.47 Å². The molecule has 6 rings (SSSR count). The third kappa shape index (κ3) is 15.2. The van der Waals surface area contributed by atoms with Crippen molar-refractivity contribution >= 4 is 50.8 Å². The first-order valence-corrected chi connectivity index (χ1v) is 18.2. The summed E-state index contributed by atoms with van der Waals surface area (Å²) in [6.45, 7) is 0. The molecule has 0 N–H and O–H groups in total. The number of aryl methyl sites for hydroxylation is 2. The molecular formula is C40H32BrCl2F4N5O5. The zero-order chi connectivity index (χ0) is 41.3. The van der Waals surface area contributed by atoms with E-state index in [0.717, 1.165) is 27.9 Å². The molecule has 57 heavy (non-hydrogen) atoms. The summed E-state index contributed by atoms with van der Waals surface area (Å²) in [5, 5.41) is 2.15. The van der Waals surface area contributed by atoms with Crippen molar-refractivity contribution in [3.63, 3.8) is 0 Å². The van der Waals surface area contributed by atoms with Crippen LogP contribution in [-0.4, -0.2) is 50.8 Å². The lowest BCUT2D eigenvalue weighted by Gasteiger charge is -2.13. The van der Waals surface area contributed by atoms with Crippen LogP contribution in [0.15, 0.2) is 114 Å². The maximum absolute atomic E-state index is 13.6. The van der Waals surface area contributed by atoms with Crippen LogP contribution in [0.5, 0.6) is 23.3 Å². The highest BCUT2D eigenvalue weighted by molar-refractivity contribution is 9.10. The minimum absolute atomic E-state index is 0.0640. The summed E-state index contributed by atoms with van der Waals surface area (Å²) in [6.07, 6.45) is 6.57. The number of benzene rings is 2. The molecular weight excluding hydrogens is 857 g/mol. The summed E-state index contributed by atoms with van der Waals surface area (Å²) in [7, 11) is 2.85. The van der Waals surface area contributed by atoms with Crippen molar-refractivity contribution in [2.75, 3.05) is 14.2 Å². The molecule has 0 atom stereocenters. The van der Waals surface area contributed by atoms with E-state index in [0.29, 0.717) is 38.9 Å². The maximum Gasteiger partial charge on any atom is 0.246 e. The summed E-state index contributed by atoms with van der Waals surface area (Å²) in [5.41, 5.74) is 0.844. The Morgan fingerprint density at radius 1 is 0.649 bits per heavy atom. The topological polar surface area (TPSA) is 117 Å². The first-order chi connectivity index (χ1) is 27.3. The van der Waals surface area contributed by atoms with E-state index in [4.69, 9.17) is 32.7 Å². The van der Waals surface area contributed by atoms with E-state index in [1.54, 1.807) is 48.7 Å². The molecule has 1 amide bonds. The van der Waals surface area contributed by atoms with E-state index in [9.17, 15) is 27.2 Å². The first kappa shape index (κ1) is 44.2. The SMILES string of the molecule is CON(C)C(=O)CCc1ccc(F)cc1F.Clc1ccc(Oc2ccc(Br)nc2)nc1.O=C(CCc1ccc(F)cc1F)c1ccc(Oc2ccc(Cl)cn2)cn1. The van der Waals surface area contributed by atoms with Crippen molar-refractivity contribution in [1.82, 2.24) is 25.0 Å². The van der Waals surface area contributed by atoms with Crippen LogP contribution in [0.1, 0.15) is 34.5 Å². The number of Topliss-reactive ketones (excluding diaryl/α,β-unsaturated/α-hetero) is 1. The Bertz CT molecular complexity index is 2180. The Morgan fingerprint density at radius 2 is 1.16 bits per heavy atom. The van der Waals surface area contributed by atoms with Crippen LogP contribution in [0, 0.1) is 23.3 Å². The summed E-state index contributed by atoms with van der Waals surface area (Å²) < 4.78 is 64.0. The van der Waals surface area contributed by atoms with Gasteiger partial charge in [-0.25, -0.2) is 42.6 Å². The van der Waals surface area contributed by atoms with E-state index in [-0.39, 0.29) is 48.6 Å². The molecule has 0 aliphatic heterocycles. The number of carbonyl (C=O) groups is 2. The Labute approximate surface area is 343 Å². The number of pyridine rings is 4. The number of ether oxygens (including phenoxy) is 2. The van der Waals surface area contributed by atoms with Gasteiger partial charge in [0.2, 0.25) is 17.7 Å². The number of hydroxylamine groups is 2. The smallest absolute Gasteiger partial charge is 0.246 e. The Balaban J connectivity index is 0.000000201. The fourth-order valence-corrected chi connectivity index (χ4v) is 4.90. The van der Waals surface area contributed by atoms with Gasteiger partial charge in [0.15, 0.2) is 5.78 Å². The van der Waals surface area contributed by atoms with E-state index in [2.05, 4.69) is 40.7 Å². The first-order valence-electron chi connectivity index (χ1n) is 16.7. The molecule has 0 saturated carbocycles. The third-order valence-corrected chi connectivity index (χ3v) is 8.37. The van der Waals surface area contributed by atoms with Crippen LogP contribution in [0.25, 0.3) is 0 Å². The number of amides is 1. The lowest BCUT2D eigenvalue weighted by atomic mass is 10.1. The average molecular weight is 890 g/mol. The van der Waals surface area contributed by atoms with Crippen LogP contribution in [0.4, 0.5) is 17.6 Å². The second-order valence-corrected chi connectivity index (χ2v) is 13.2. The molecule has 0 fully saturated rings. The number of halogens is 7. The van der Waals surface area contributed by atoms with Crippen LogP contribution >= 0.6 is 39.1 Å². The van der Waals surface area contributed by atoms with Gasteiger partial charge in [0.05, 0.1) is 29.5 Å². The second kappa shape index (κ2) is 22.3. The molecule has 6 aromatic rings. The molecule has 0 spiro atoms. The number of aromatic nitrogens is 4. The molecule has 0 radical (unpaired) electrons. The van der Waals surface area contributed by atoms with Crippen molar-refractivity contribution in [3.8, 4) is 23.3 Å². The van der Waals surface area contributed by atoms with Gasteiger partial charge in [0.25, 0.3) is 0 Å². The quantitative estimate of drug-likeness (QED) is 0.0512. The highest BCUT2D eigenvalue weighted by Crippen LogP contribution is 2.22. The summed E-state index contributed by atoms with van der Waals surface area (Å²) in [6, 6.07) is 20.0. The summed E-state index contributed by atoms with van der Waals surface area (Å²) >= 11 is 14.7. The Morgan fingerprint density at radius 3 is 1.58 bits per heavy atom. The van der Waals surface area contributed by atoms with E-state index >= 15 is 0 Å². The summed E-state index contributed by atoms with van der Waals surface area (Å²) in [4.78, 5) is 44.3. The van der Waals surface area contributed by atoms with Crippen LogP contribution < -0.4 is 9.47 Å². The standard InChI is InChI=1S/C19H13ClF2N2O2.C11H13F2NO2.C10H6BrClN2O/c20-13-3-8-19(24-10-13)26-15-5-6-17(23-11-15)18(25)7-2-12-1-4-14(21)9-16(12)22;1-14(16-2)11(15)6-4-8-3-5-9(12)7-10(8)13;11-9-3-2-8(6-13-9)15-10-4-1-7(12)5-14-10/h1,3-6,8-11H,2,7H2;3,5,7H,4,6H2,1-2H3;1-6H. The number of nitrogens with zero attached hydrogens (tertiary/aromatic N) is 5. The molecule has 0 bridgehead atoms. The van der Waals surface area contributed by atoms with Gasteiger partial charge in [-0.1, -0.05) is 35.3 Å². The van der Waals surface area contributed by atoms with Gasteiger partial charge in [-0.3, -0.25) is 14.4 Å². The molecule has 17 heteroatoms. The van der Waals surface area contributed by atoms with Gasteiger partial charge in [0, 0.05) is 56.5 Å². The van der Waals surface area contributed by atoms with Crippen LogP contribution in [-0.2, 0) is 22.5 Å². The molecule has 4 heterocycles. The highest BCUT2D eigenvalue weighted by atomic mass is 79.9. The highest BCUT2D eigenvalue weighted by Gasteiger charge is 2.12. The van der Waals surface area contributed by atoms with Gasteiger partial charge >= 0.3 is 0 Å². The minimum atomic E-state index is -0.662. The predicted octanol–water partition coefficient (Wildman–Crippen LogP) is 10.6. The lowest BCUT2D eigenvalue weighted by molar-refractivity contribution is -0.168. The molecule has 4 aromatic heterocycles. The average Bonchev–Trinajstić information content (AvgIpc) is 3.20. The second-order valence-electron chi connectivity index (χ2n) is 11.5. The van der Waals surface area contributed by atoms with Crippen LogP contribution in [0.2, 0.25) is 10.0 Å². The molecule has 0 saturated heterocycles. The Kier molecular flexibility index (Phi) is 17.3. The molecule has 0 unspecified atom stereocenters. The van der Waals surface area contributed by atoms with Gasteiger partial charge in [-0.05, 0) is 88.4 Å². The fraction of sp³-hybridized carbons (Fsp3) is 0.150. The minimum Gasteiger partial charge on any atom is -0.437 e. The molecule has 0 aliphatic rings. The fourth-order valence-electron chi connectivity index (χ4n) is 4.44. The van der Waals surface area contributed by atoms with Crippen molar-refractivity contribution < 1.29 is 41.5 Å². The third-order valence-electron chi connectivity index (χ3n) is 7.45. The molecule has 2 aromatic carbocycles. The Hall–Kier alpha value is -5.48. The largest absolute Gasteiger partial charge is 0.437 e. The summed E-state index contributed by atoms with van der Waals surface area (Å²) in [5.74, 6) is -1.18. The predicted molar refractivity (Wildman–Crippen MR) is 208 cm³/mol. The van der Waals surface area contributed by atoms with Gasteiger partial charge in [0.1, 0.15) is 45.1 Å². The van der Waals surface area contributed by atoms with E-state index in [1.165, 1.54) is 57.0 Å². The number of carbonyl (C=O) groups excluding carboxylic acids is 2. The maximum atomic E-state index is 13.6. The molecule has 10 nitrogen and oxygen atoms in total. The van der Waals surface area contributed by atoms with Crippen molar-refractivity contribution in [2.24, 2.45) is 0 Å². The number of rotatable bonds is 12. The lowest BCUT2D eigenvalue weighted by Crippen LogP contribution is -2.25. The van der Waals surface area contributed by atoms with E-state index in [1.807, 2.05) is 0 Å². The number of hydrogen-bond acceptors (Lipinski definition) is 9. The van der Waals surface area contributed by atoms with Crippen molar-refractivity contribution in [1.29, 1.82) is 0 Å². The van der Waals surface area contributed by atoms with Crippen molar-refractivity contribution in [3.05, 3.63) is 164 Å². The van der Waals surface area contributed by atoms with Gasteiger partial charge in [-0.2, -0.15) is 0 Å². The van der Waals surface area contributed by atoms with Crippen molar-refractivity contribution in [2.45, 2.75) is 25.7 Å². The normalized spacial score (nSPS) is 10.3. The van der Waals surface area contributed by atoms with Gasteiger partial charge in [-0.15, -0.1) is 0 Å².